The highest BCUT2D eigenvalue weighted by atomic mass is 19.1. The van der Waals surface area contributed by atoms with Gasteiger partial charge in [-0.25, -0.2) is 9.18 Å². The maximum Gasteiger partial charge on any atom is 0.335 e. The second-order valence-electron chi connectivity index (χ2n) is 5.72. The Morgan fingerprint density at radius 3 is 2.61 bits per heavy atom. The van der Waals surface area contributed by atoms with Gasteiger partial charge in [0.15, 0.2) is 0 Å². The number of benzene rings is 2. The van der Waals surface area contributed by atoms with Gasteiger partial charge in [-0.05, 0) is 47.7 Å². The summed E-state index contributed by atoms with van der Waals surface area (Å²) in [6.07, 6.45) is 0.757. The molecule has 4 nitrogen and oxygen atoms in total. The Bertz CT molecular complexity index is 742. The van der Waals surface area contributed by atoms with Gasteiger partial charge in [0.25, 0.3) is 0 Å². The van der Waals surface area contributed by atoms with Gasteiger partial charge in [0, 0.05) is 12.5 Å². The largest absolute Gasteiger partial charge is 0.478 e. The quantitative estimate of drug-likeness (QED) is 0.892. The van der Waals surface area contributed by atoms with E-state index in [9.17, 15) is 14.0 Å². The maximum atomic E-state index is 12.9. The molecule has 118 valence electrons. The van der Waals surface area contributed by atoms with Crippen molar-refractivity contribution in [3.63, 3.8) is 0 Å². The molecule has 2 N–H and O–H groups in total. The van der Waals surface area contributed by atoms with E-state index in [2.05, 4.69) is 5.32 Å². The fraction of sp³-hybridized carbons (Fsp3) is 0.222. The molecule has 2 aromatic rings. The molecule has 3 rings (SSSR count). The van der Waals surface area contributed by atoms with Gasteiger partial charge in [-0.2, -0.15) is 0 Å². The summed E-state index contributed by atoms with van der Waals surface area (Å²) in [5, 5.41) is 11.8. The van der Waals surface area contributed by atoms with E-state index in [4.69, 9.17) is 5.11 Å². The number of aromatic carboxylic acids is 1. The van der Waals surface area contributed by atoms with Crippen LogP contribution >= 0.6 is 0 Å². The lowest BCUT2D eigenvalue weighted by atomic mass is 10.1. The molecule has 1 saturated carbocycles. The van der Waals surface area contributed by atoms with Gasteiger partial charge in [0.2, 0.25) is 5.91 Å². The molecule has 0 radical (unpaired) electrons. The Labute approximate surface area is 133 Å². The van der Waals surface area contributed by atoms with Crippen LogP contribution in [0.15, 0.2) is 48.5 Å². The van der Waals surface area contributed by atoms with E-state index in [0.717, 1.165) is 17.5 Å². The van der Waals surface area contributed by atoms with Gasteiger partial charge in [0.05, 0.1) is 5.56 Å². The van der Waals surface area contributed by atoms with Crippen LogP contribution in [0.2, 0.25) is 0 Å². The molecule has 23 heavy (non-hydrogen) atoms. The average molecular weight is 313 g/mol. The van der Waals surface area contributed by atoms with Crippen molar-refractivity contribution in [2.24, 2.45) is 5.92 Å². The summed E-state index contributed by atoms with van der Waals surface area (Å²) < 4.78 is 12.9. The van der Waals surface area contributed by atoms with Crippen molar-refractivity contribution < 1.29 is 19.1 Å². The summed E-state index contributed by atoms with van der Waals surface area (Å²) in [4.78, 5) is 23.1. The van der Waals surface area contributed by atoms with E-state index in [-0.39, 0.29) is 29.1 Å². The fourth-order valence-electron chi connectivity index (χ4n) is 2.70. The molecule has 1 amide bonds. The minimum atomic E-state index is -0.989. The Morgan fingerprint density at radius 1 is 1.17 bits per heavy atom. The monoisotopic (exact) mass is 313 g/mol. The normalized spacial score (nSPS) is 19.2. The van der Waals surface area contributed by atoms with Crippen LogP contribution in [0.25, 0.3) is 0 Å². The van der Waals surface area contributed by atoms with Crippen molar-refractivity contribution >= 4 is 11.9 Å². The smallest absolute Gasteiger partial charge is 0.335 e. The number of carboxylic acids is 1. The summed E-state index contributed by atoms with van der Waals surface area (Å²) in [5.74, 6) is -1.28. The van der Waals surface area contributed by atoms with E-state index in [1.165, 1.54) is 18.2 Å². The molecular formula is C18H16FNO3. The first-order chi connectivity index (χ1) is 11.0. The third kappa shape index (κ3) is 3.56. The summed E-state index contributed by atoms with van der Waals surface area (Å²) in [6, 6.07) is 12.7. The highest BCUT2D eigenvalue weighted by molar-refractivity contribution is 5.87. The van der Waals surface area contributed by atoms with Crippen LogP contribution in [0.4, 0.5) is 4.39 Å². The molecule has 0 spiro atoms. The zero-order valence-electron chi connectivity index (χ0n) is 12.3. The van der Waals surface area contributed by atoms with Gasteiger partial charge >= 0.3 is 5.97 Å². The van der Waals surface area contributed by atoms with E-state index < -0.39 is 5.97 Å². The lowest BCUT2D eigenvalue weighted by Gasteiger charge is -2.06. The molecule has 0 bridgehead atoms. The summed E-state index contributed by atoms with van der Waals surface area (Å²) in [7, 11) is 0. The Hall–Kier alpha value is -2.69. The molecule has 1 fully saturated rings. The molecule has 0 saturated heterocycles. The van der Waals surface area contributed by atoms with Crippen LogP contribution in [-0.2, 0) is 11.3 Å². The number of carboxylic acid groups (broad SMARTS) is 1. The molecule has 1 aliphatic carbocycles. The van der Waals surface area contributed by atoms with Crippen LogP contribution < -0.4 is 5.32 Å². The van der Waals surface area contributed by atoms with Crippen molar-refractivity contribution in [3.8, 4) is 0 Å². The van der Waals surface area contributed by atoms with Crippen molar-refractivity contribution in [2.75, 3.05) is 0 Å². The Morgan fingerprint density at radius 2 is 1.91 bits per heavy atom. The Balaban J connectivity index is 1.56. The molecule has 0 aromatic heterocycles. The number of hydrogen-bond donors (Lipinski definition) is 2. The van der Waals surface area contributed by atoms with Crippen molar-refractivity contribution in [1.82, 2.24) is 5.32 Å². The third-order valence-corrected chi connectivity index (χ3v) is 4.07. The molecule has 5 heteroatoms. The van der Waals surface area contributed by atoms with E-state index >= 15 is 0 Å². The summed E-state index contributed by atoms with van der Waals surface area (Å²) >= 11 is 0. The van der Waals surface area contributed by atoms with Gasteiger partial charge in [-0.15, -0.1) is 0 Å². The highest BCUT2D eigenvalue weighted by Crippen LogP contribution is 2.47. The second-order valence-corrected chi connectivity index (χ2v) is 5.72. The number of halogens is 1. The van der Waals surface area contributed by atoms with Crippen molar-refractivity contribution in [1.29, 1.82) is 0 Å². The predicted molar refractivity (Wildman–Crippen MR) is 82.5 cm³/mol. The Kier molecular flexibility index (Phi) is 4.10. The molecule has 2 aromatic carbocycles. The number of carbonyl (C=O) groups is 2. The van der Waals surface area contributed by atoms with E-state index in [0.29, 0.717) is 6.54 Å². The molecule has 0 heterocycles. The average Bonchev–Trinajstić information content (AvgIpc) is 3.34. The first-order valence-corrected chi connectivity index (χ1v) is 7.40. The zero-order chi connectivity index (χ0) is 16.4. The first-order valence-electron chi connectivity index (χ1n) is 7.40. The van der Waals surface area contributed by atoms with Crippen molar-refractivity contribution in [2.45, 2.75) is 18.9 Å². The van der Waals surface area contributed by atoms with Gasteiger partial charge in [0.1, 0.15) is 5.82 Å². The van der Waals surface area contributed by atoms with Crippen molar-refractivity contribution in [3.05, 3.63) is 71.0 Å². The van der Waals surface area contributed by atoms with Crippen LogP contribution in [0.1, 0.15) is 33.8 Å². The minimum absolute atomic E-state index is 0.0555. The third-order valence-electron chi connectivity index (χ3n) is 4.07. The van der Waals surface area contributed by atoms with E-state index in [1.54, 1.807) is 30.3 Å². The molecule has 1 aliphatic rings. The van der Waals surface area contributed by atoms with Gasteiger partial charge in [-0.1, -0.05) is 24.3 Å². The molecular weight excluding hydrogens is 297 g/mol. The summed E-state index contributed by atoms with van der Waals surface area (Å²) in [6.45, 7) is 0.298. The van der Waals surface area contributed by atoms with Crippen LogP contribution in [0.3, 0.4) is 0 Å². The fourth-order valence-corrected chi connectivity index (χ4v) is 2.70. The highest BCUT2D eigenvalue weighted by Gasteiger charge is 2.43. The predicted octanol–water partition coefficient (Wildman–Crippen LogP) is 2.94. The molecule has 0 aliphatic heterocycles. The lowest BCUT2D eigenvalue weighted by Crippen LogP contribution is -2.25. The van der Waals surface area contributed by atoms with E-state index in [1.807, 2.05) is 0 Å². The molecule has 0 unspecified atom stereocenters. The SMILES string of the molecule is O=C(O)c1cccc(CNC(=O)[C@@H]2C[C@@H]2c2ccc(F)cc2)c1. The number of amides is 1. The van der Waals surface area contributed by atoms with Crippen LogP contribution in [0, 0.1) is 11.7 Å². The number of nitrogens with one attached hydrogen (secondary N) is 1. The minimum Gasteiger partial charge on any atom is -0.478 e. The zero-order valence-corrected chi connectivity index (χ0v) is 12.3. The van der Waals surface area contributed by atoms with Gasteiger partial charge < -0.3 is 10.4 Å². The molecule has 2 atom stereocenters. The number of hydrogen-bond acceptors (Lipinski definition) is 2. The van der Waals surface area contributed by atoms with Crippen LogP contribution in [0.5, 0.6) is 0 Å². The maximum absolute atomic E-state index is 12.9. The first kappa shape index (κ1) is 15.2. The topological polar surface area (TPSA) is 66.4 Å². The lowest BCUT2D eigenvalue weighted by molar-refractivity contribution is -0.122. The standard InChI is InChI=1S/C18H16FNO3/c19-14-6-4-12(5-7-14)15-9-16(15)17(21)20-10-11-2-1-3-13(8-11)18(22)23/h1-8,15-16H,9-10H2,(H,20,21)(H,22,23)/t15-,16-/m1/s1. The number of rotatable bonds is 5. The summed E-state index contributed by atoms with van der Waals surface area (Å²) in [5.41, 5.74) is 1.92. The second kappa shape index (κ2) is 6.20. The van der Waals surface area contributed by atoms with Crippen LogP contribution in [-0.4, -0.2) is 17.0 Å². The number of carbonyl (C=O) groups excluding carboxylic acids is 1. The van der Waals surface area contributed by atoms with Gasteiger partial charge in [-0.3, -0.25) is 4.79 Å².